The number of aryl methyl sites for hydroxylation is 1. The smallest absolute Gasteiger partial charge is 0.0532 e. The van der Waals surface area contributed by atoms with Crippen LogP contribution in [0.4, 0.5) is 0 Å². The molecule has 0 aliphatic heterocycles. The number of benzene rings is 1. The number of hydrogen-bond acceptors (Lipinski definition) is 0. The summed E-state index contributed by atoms with van der Waals surface area (Å²) in [5, 5.41) is 1.61. The Balaban J connectivity index is 2.19. The predicted octanol–water partition coefficient (Wildman–Crippen LogP) is 5.09. The quantitative estimate of drug-likeness (QED) is 0.688. The van der Waals surface area contributed by atoms with Gasteiger partial charge < -0.3 is 0 Å². The summed E-state index contributed by atoms with van der Waals surface area (Å²) in [7, 11) is 0. The van der Waals surface area contributed by atoms with Gasteiger partial charge >= 0.3 is 0 Å². The lowest BCUT2D eigenvalue weighted by molar-refractivity contribution is 0.788. The van der Waals surface area contributed by atoms with Gasteiger partial charge in [0.15, 0.2) is 0 Å². The fourth-order valence-corrected chi connectivity index (χ4v) is 2.53. The van der Waals surface area contributed by atoms with Crippen LogP contribution in [0.5, 0.6) is 0 Å². The molecule has 0 saturated heterocycles. The highest BCUT2D eigenvalue weighted by Gasteiger charge is 2.24. The molecule has 0 spiro atoms. The molecule has 16 heavy (non-hydrogen) atoms. The highest BCUT2D eigenvalue weighted by Crippen LogP contribution is 2.38. The fourth-order valence-electron chi connectivity index (χ4n) is 1.93. The average Bonchev–Trinajstić information content (AvgIpc) is 3.07. The molecule has 0 N–H and O–H groups in total. The summed E-state index contributed by atoms with van der Waals surface area (Å²) in [6.07, 6.45) is 7.10. The Morgan fingerprint density at radius 3 is 2.75 bits per heavy atom. The molecule has 1 aliphatic carbocycles. The molecule has 1 aliphatic rings. The zero-order chi connectivity index (χ0) is 11.5. The van der Waals surface area contributed by atoms with E-state index in [9.17, 15) is 0 Å². The van der Waals surface area contributed by atoms with Crippen LogP contribution in [0.3, 0.4) is 0 Å². The molecule has 1 fully saturated rings. The normalized spacial score (nSPS) is 15.4. The maximum Gasteiger partial charge on any atom is 0.0532 e. The Kier molecular flexibility index (Phi) is 4.16. The van der Waals surface area contributed by atoms with Gasteiger partial charge in [0, 0.05) is 11.1 Å². The summed E-state index contributed by atoms with van der Waals surface area (Å²) in [6.45, 7) is 2.19. The van der Waals surface area contributed by atoms with Crippen LogP contribution in [0.1, 0.15) is 43.7 Å². The lowest BCUT2D eigenvalue weighted by atomic mass is 10.0. The second kappa shape index (κ2) is 5.42. The minimum Gasteiger partial charge on any atom is -0.0837 e. The maximum absolute atomic E-state index is 6.42. The maximum atomic E-state index is 6.42. The fraction of sp³-hybridized carbons (Fsp3) is 0.571. The van der Waals surface area contributed by atoms with Gasteiger partial charge in [-0.3, -0.25) is 0 Å². The van der Waals surface area contributed by atoms with Gasteiger partial charge in [-0.15, -0.1) is 0 Å². The molecule has 0 amide bonds. The molecule has 1 aromatic rings. The first-order valence-corrected chi connectivity index (χ1v) is 6.85. The summed E-state index contributed by atoms with van der Waals surface area (Å²) in [6, 6.07) is 5.09. The van der Waals surface area contributed by atoms with Crippen molar-refractivity contribution >= 4 is 23.2 Å². The molecular formula is C14H17Cl2. The highest BCUT2D eigenvalue weighted by molar-refractivity contribution is 6.36. The van der Waals surface area contributed by atoms with E-state index in [2.05, 4.69) is 13.0 Å². The van der Waals surface area contributed by atoms with Gasteiger partial charge in [0.05, 0.1) is 5.02 Å². The predicted molar refractivity (Wildman–Crippen MR) is 70.3 cm³/mol. The van der Waals surface area contributed by atoms with Crippen LogP contribution in [0.25, 0.3) is 0 Å². The molecule has 0 aromatic heterocycles. The first-order valence-electron chi connectivity index (χ1n) is 6.09. The topological polar surface area (TPSA) is 0 Å². The third-order valence-corrected chi connectivity index (χ3v) is 3.98. The van der Waals surface area contributed by atoms with Gasteiger partial charge in [-0.2, -0.15) is 0 Å². The summed E-state index contributed by atoms with van der Waals surface area (Å²) in [5.74, 6) is 0.810. The standard InChI is InChI=1S/C14H17Cl2/c1-2-3-4-11-7-8-13(15)12(14(11)16)9-10-5-6-10/h7,10H,2-6,9H2,1H3. The minimum atomic E-state index is 0.720. The van der Waals surface area contributed by atoms with Crippen LogP contribution >= 0.6 is 23.2 Å². The van der Waals surface area contributed by atoms with E-state index in [4.69, 9.17) is 23.2 Å². The van der Waals surface area contributed by atoms with E-state index in [1.807, 2.05) is 6.07 Å². The summed E-state index contributed by atoms with van der Waals surface area (Å²) in [4.78, 5) is 0. The molecule has 1 radical (unpaired) electrons. The lowest BCUT2D eigenvalue weighted by Crippen LogP contribution is -1.95. The Bertz CT molecular complexity index is 367. The van der Waals surface area contributed by atoms with Crippen molar-refractivity contribution in [2.45, 2.75) is 45.4 Å². The zero-order valence-electron chi connectivity index (χ0n) is 9.65. The van der Waals surface area contributed by atoms with E-state index in [1.54, 1.807) is 0 Å². The van der Waals surface area contributed by atoms with Gasteiger partial charge in [-0.05, 0) is 55.2 Å². The van der Waals surface area contributed by atoms with Crippen LogP contribution in [0.15, 0.2) is 6.07 Å². The molecule has 1 saturated carbocycles. The van der Waals surface area contributed by atoms with E-state index in [0.29, 0.717) is 0 Å². The minimum absolute atomic E-state index is 0.720. The van der Waals surface area contributed by atoms with Crippen molar-refractivity contribution < 1.29 is 0 Å². The molecule has 0 bridgehead atoms. The van der Waals surface area contributed by atoms with Crippen molar-refractivity contribution in [2.24, 2.45) is 5.92 Å². The molecule has 2 rings (SSSR count). The van der Waals surface area contributed by atoms with Crippen LogP contribution < -0.4 is 0 Å². The van der Waals surface area contributed by atoms with E-state index in [-0.39, 0.29) is 0 Å². The van der Waals surface area contributed by atoms with Gasteiger partial charge in [-0.25, -0.2) is 0 Å². The van der Waals surface area contributed by atoms with Crippen LogP contribution in [-0.2, 0) is 12.8 Å². The molecular weight excluding hydrogens is 239 g/mol. The summed E-state index contributed by atoms with van der Waals surface area (Å²) < 4.78 is 0. The second-order valence-corrected chi connectivity index (χ2v) is 5.43. The van der Waals surface area contributed by atoms with Gasteiger partial charge in [0.1, 0.15) is 0 Å². The van der Waals surface area contributed by atoms with Crippen LogP contribution in [0, 0.1) is 12.0 Å². The van der Waals surface area contributed by atoms with Crippen molar-refractivity contribution in [3.8, 4) is 0 Å². The first kappa shape index (κ1) is 12.3. The average molecular weight is 256 g/mol. The van der Waals surface area contributed by atoms with Crippen LogP contribution in [-0.4, -0.2) is 0 Å². The molecule has 0 nitrogen and oxygen atoms in total. The lowest BCUT2D eigenvalue weighted by Gasteiger charge is -2.10. The zero-order valence-corrected chi connectivity index (χ0v) is 11.2. The highest BCUT2D eigenvalue weighted by atomic mass is 35.5. The number of hydrogen-bond donors (Lipinski definition) is 0. The van der Waals surface area contributed by atoms with E-state index < -0.39 is 0 Å². The summed E-state index contributed by atoms with van der Waals surface area (Å²) in [5.41, 5.74) is 2.34. The SMILES string of the molecule is CCCCc1c[c]c(Cl)c(CC2CC2)c1Cl. The third-order valence-electron chi connectivity index (χ3n) is 3.17. The van der Waals surface area contributed by atoms with Gasteiger partial charge in [0.2, 0.25) is 0 Å². The Morgan fingerprint density at radius 2 is 2.12 bits per heavy atom. The van der Waals surface area contributed by atoms with Crippen molar-refractivity contribution in [3.63, 3.8) is 0 Å². The molecule has 2 heteroatoms. The molecule has 0 atom stereocenters. The van der Waals surface area contributed by atoms with E-state index in [0.717, 1.165) is 34.4 Å². The molecule has 0 unspecified atom stereocenters. The third kappa shape index (κ3) is 2.93. The van der Waals surface area contributed by atoms with Gasteiger partial charge in [-0.1, -0.05) is 36.5 Å². The second-order valence-electron chi connectivity index (χ2n) is 4.67. The Labute approximate surface area is 108 Å². The van der Waals surface area contributed by atoms with Crippen molar-refractivity contribution in [2.75, 3.05) is 0 Å². The number of unbranched alkanes of at least 4 members (excludes halogenated alkanes) is 1. The van der Waals surface area contributed by atoms with E-state index >= 15 is 0 Å². The van der Waals surface area contributed by atoms with Crippen molar-refractivity contribution in [1.82, 2.24) is 0 Å². The molecule has 1 aromatic carbocycles. The Hall–Kier alpha value is -0.200. The number of halogens is 2. The molecule has 0 heterocycles. The summed E-state index contributed by atoms with van der Waals surface area (Å²) >= 11 is 12.6. The monoisotopic (exact) mass is 255 g/mol. The van der Waals surface area contributed by atoms with E-state index in [1.165, 1.54) is 31.2 Å². The largest absolute Gasteiger partial charge is 0.0837 e. The number of rotatable bonds is 5. The molecule has 87 valence electrons. The Morgan fingerprint density at radius 1 is 1.38 bits per heavy atom. The first-order chi connectivity index (χ1) is 7.72. The van der Waals surface area contributed by atoms with Crippen LogP contribution in [0.2, 0.25) is 10.0 Å². The van der Waals surface area contributed by atoms with Crippen molar-refractivity contribution in [3.05, 3.63) is 33.3 Å². The van der Waals surface area contributed by atoms with Crippen molar-refractivity contribution in [1.29, 1.82) is 0 Å². The van der Waals surface area contributed by atoms with Gasteiger partial charge in [0.25, 0.3) is 0 Å².